The van der Waals surface area contributed by atoms with Crippen molar-refractivity contribution < 1.29 is 9.18 Å². The molecule has 2 heterocycles. The van der Waals surface area contributed by atoms with Gasteiger partial charge in [-0.05, 0) is 25.0 Å². The number of hydrogen-bond acceptors (Lipinski definition) is 2. The van der Waals surface area contributed by atoms with Crippen LogP contribution < -0.4 is 4.90 Å². The molecule has 0 bridgehead atoms. The van der Waals surface area contributed by atoms with E-state index in [1.807, 2.05) is 0 Å². The third-order valence-corrected chi connectivity index (χ3v) is 2.31. The zero-order valence-corrected chi connectivity index (χ0v) is 7.74. The Balaban J connectivity index is 2.20. The molecular formula is C10H11FN2O. The molecule has 0 aliphatic carbocycles. The molecule has 0 spiro atoms. The van der Waals surface area contributed by atoms with Crippen LogP contribution in [0.25, 0.3) is 0 Å². The number of nitrogens with zero attached hydrogens (tertiary/aromatic N) is 2. The number of rotatable bonds is 1. The maximum Gasteiger partial charge on any atom is 0.228 e. The van der Waals surface area contributed by atoms with E-state index in [0.717, 1.165) is 19.0 Å². The highest BCUT2D eigenvalue weighted by Crippen LogP contribution is 2.18. The molecule has 1 fully saturated rings. The van der Waals surface area contributed by atoms with Gasteiger partial charge in [0.15, 0.2) is 0 Å². The molecule has 1 aromatic heterocycles. The van der Waals surface area contributed by atoms with E-state index in [9.17, 15) is 9.18 Å². The van der Waals surface area contributed by atoms with Gasteiger partial charge in [-0.25, -0.2) is 9.37 Å². The van der Waals surface area contributed by atoms with Crippen LogP contribution in [-0.4, -0.2) is 17.4 Å². The largest absolute Gasteiger partial charge is 0.297 e. The van der Waals surface area contributed by atoms with Crippen LogP contribution in [0.3, 0.4) is 0 Å². The fraction of sp³-hybridized carbons (Fsp3) is 0.400. The van der Waals surface area contributed by atoms with Crippen molar-refractivity contribution in [2.75, 3.05) is 11.4 Å². The molecule has 0 radical (unpaired) electrons. The number of halogens is 1. The zero-order valence-electron chi connectivity index (χ0n) is 7.74. The second-order valence-corrected chi connectivity index (χ2v) is 3.34. The molecule has 1 aliphatic heterocycles. The summed E-state index contributed by atoms with van der Waals surface area (Å²) in [7, 11) is 0. The van der Waals surface area contributed by atoms with Gasteiger partial charge in [0, 0.05) is 13.0 Å². The second-order valence-electron chi connectivity index (χ2n) is 3.34. The van der Waals surface area contributed by atoms with Gasteiger partial charge in [-0.3, -0.25) is 9.69 Å². The van der Waals surface area contributed by atoms with Gasteiger partial charge in [-0.2, -0.15) is 0 Å². The van der Waals surface area contributed by atoms with Crippen LogP contribution in [-0.2, 0) is 4.79 Å². The van der Waals surface area contributed by atoms with Crippen molar-refractivity contribution in [1.29, 1.82) is 0 Å². The standard InChI is InChI=1S/C10H11FN2O/c11-8-4-5-9(12-7-8)13-6-2-1-3-10(13)14/h4-5,7H,1-3,6H2. The van der Waals surface area contributed by atoms with Gasteiger partial charge in [0.05, 0.1) is 6.20 Å². The summed E-state index contributed by atoms with van der Waals surface area (Å²) in [6, 6.07) is 2.86. The van der Waals surface area contributed by atoms with Crippen LogP contribution >= 0.6 is 0 Å². The van der Waals surface area contributed by atoms with E-state index in [1.165, 1.54) is 6.07 Å². The summed E-state index contributed by atoms with van der Waals surface area (Å²) < 4.78 is 12.6. The van der Waals surface area contributed by atoms with Crippen molar-refractivity contribution in [3.8, 4) is 0 Å². The topological polar surface area (TPSA) is 33.2 Å². The number of aromatic nitrogens is 1. The highest BCUT2D eigenvalue weighted by molar-refractivity contribution is 5.92. The summed E-state index contributed by atoms with van der Waals surface area (Å²) in [6.07, 6.45) is 3.64. The summed E-state index contributed by atoms with van der Waals surface area (Å²) in [5.41, 5.74) is 0. The molecule has 3 nitrogen and oxygen atoms in total. The van der Waals surface area contributed by atoms with E-state index in [1.54, 1.807) is 11.0 Å². The number of hydrogen-bond donors (Lipinski definition) is 0. The van der Waals surface area contributed by atoms with Crippen molar-refractivity contribution in [3.05, 3.63) is 24.1 Å². The normalized spacial score (nSPS) is 17.2. The lowest BCUT2D eigenvalue weighted by molar-refractivity contribution is -0.119. The fourth-order valence-corrected chi connectivity index (χ4v) is 1.58. The molecular weight excluding hydrogens is 183 g/mol. The first-order valence-corrected chi connectivity index (χ1v) is 4.69. The first-order valence-electron chi connectivity index (χ1n) is 4.69. The number of carbonyl (C=O) groups is 1. The van der Waals surface area contributed by atoms with E-state index in [2.05, 4.69) is 4.98 Å². The van der Waals surface area contributed by atoms with Crippen LogP contribution in [0.4, 0.5) is 10.2 Å². The average molecular weight is 194 g/mol. The molecule has 1 saturated heterocycles. The third-order valence-electron chi connectivity index (χ3n) is 2.31. The first kappa shape index (κ1) is 9.12. The SMILES string of the molecule is O=C1CCCCN1c1ccc(F)cn1. The first-order chi connectivity index (χ1) is 6.77. The Morgan fingerprint density at radius 2 is 2.21 bits per heavy atom. The molecule has 0 atom stereocenters. The summed E-state index contributed by atoms with van der Waals surface area (Å²) in [5, 5.41) is 0. The minimum Gasteiger partial charge on any atom is -0.297 e. The Morgan fingerprint density at radius 3 is 2.86 bits per heavy atom. The van der Waals surface area contributed by atoms with E-state index in [4.69, 9.17) is 0 Å². The predicted molar refractivity (Wildman–Crippen MR) is 50.4 cm³/mol. The van der Waals surface area contributed by atoms with Crippen molar-refractivity contribution in [1.82, 2.24) is 4.98 Å². The smallest absolute Gasteiger partial charge is 0.228 e. The molecule has 1 amide bonds. The minimum atomic E-state index is -0.377. The van der Waals surface area contributed by atoms with Crippen LogP contribution in [0.5, 0.6) is 0 Å². The van der Waals surface area contributed by atoms with E-state index < -0.39 is 0 Å². The third kappa shape index (κ3) is 1.73. The summed E-state index contributed by atoms with van der Waals surface area (Å²) >= 11 is 0. The fourth-order valence-electron chi connectivity index (χ4n) is 1.58. The van der Waals surface area contributed by atoms with Crippen LogP contribution in [0.2, 0.25) is 0 Å². The van der Waals surface area contributed by atoms with Gasteiger partial charge in [0.2, 0.25) is 5.91 Å². The molecule has 74 valence electrons. The molecule has 0 saturated carbocycles. The van der Waals surface area contributed by atoms with E-state index in [-0.39, 0.29) is 11.7 Å². The van der Waals surface area contributed by atoms with Gasteiger partial charge in [0.1, 0.15) is 11.6 Å². The monoisotopic (exact) mass is 194 g/mol. The Labute approximate surface area is 81.6 Å². The maximum absolute atomic E-state index is 12.6. The predicted octanol–water partition coefficient (Wildman–Crippen LogP) is 1.74. The Bertz CT molecular complexity index is 336. The van der Waals surface area contributed by atoms with E-state index >= 15 is 0 Å². The molecule has 1 aliphatic rings. The summed E-state index contributed by atoms with van der Waals surface area (Å²) in [5.74, 6) is 0.254. The summed E-state index contributed by atoms with van der Waals surface area (Å²) in [6.45, 7) is 0.692. The molecule has 2 rings (SSSR count). The maximum atomic E-state index is 12.6. The van der Waals surface area contributed by atoms with Gasteiger partial charge < -0.3 is 0 Å². The molecule has 14 heavy (non-hydrogen) atoms. The molecule has 1 aromatic rings. The van der Waals surface area contributed by atoms with Crippen LogP contribution in [0.15, 0.2) is 18.3 Å². The molecule has 0 unspecified atom stereocenters. The number of carbonyl (C=O) groups excluding carboxylic acids is 1. The highest BCUT2D eigenvalue weighted by Gasteiger charge is 2.20. The summed E-state index contributed by atoms with van der Waals surface area (Å²) in [4.78, 5) is 17.0. The van der Waals surface area contributed by atoms with Crippen molar-refractivity contribution >= 4 is 11.7 Å². The van der Waals surface area contributed by atoms with Gasteiger partial charge in [-0.1, -0.05) is 0 Å². The number of amides is 1. The zero-order chi connectivity index (χ0) is 9.97. The number of piperidine rings is 1. The minimum absolute atomic E-state index is 0.0790. The van der Waals surface area contributed by atoms with Gasteiger partial charge >= 0.3 is 0 Å². The second kappa shape index (κ2) is 3.74. The Morgan fingerprint density at radius 1 is 1.36 bits per heavy atom. The van der Waals surface area contributed by atoms with Crippen molar-refractivity contribution in [2.24, 2.45) is 0 Å². The lowest BCUT2D eigenvalue weighted by Gasteiger charge is -2.25. The molecule has 0 aromatic carbocycles. The quantitative estimate of drug-likeness (QED) is 0.682. The Kier molecular flexibility index (Phi) is 2.43. The highest BCUT2D eigenvalue weighted by atomic mass is 19.1. The van der Waals surface area contributed by atoms with Crippen molar-refractivity contribution in [3.63, 3.8) is 0 Å². The average Bonchev–Trinajstić information content (AvgIpc) is 2.20. The Hall–Kier alpha value is -1.45. The molecule has 4 heteroatoms. The van der Waals surface area contributed by atoms with E-state index in [0.29, 0.717) is 18.8 Å². The number of anilines is 1. The van der Waals surface area contributed by atoms with Gasteiger partial charge in [0.25, 0.3) is 0 Å². The lowest BCUT2D eigenvalue weighted by atomic mass is 10.1. The van der Waals surface area contributed by atoms with Gasteiger partial charge in [-0.15, -0.1) is 0 Å². The lowest BCUT2D eigenvalue weighted by Crippen LogP contribution is -2.35. The number of pyridine rings is 1. The van der Waals surface area contributed by atoms with Crippen LogP contribution in [0, 0.1) is 5.82 Å². The van der Waals surface area contributed by atoms with Crippen LogP contribution in [0.1, 0.15) is 19.3 Å². The van der Waals surface area contributed by atoms with Crippen molar-refractivity contribution in [2.45, 2.75) is 19.3 Å². The molecule has 0 N–H and O–H groups in total.